The van der Waals surface area contributed by atoms with Crippen LogP contribution in [0.3, 0.4) is 0 Å². The van der Waals surface area contributed by atoms with Crippen molar-refractivity contribution in [2.24, 2.45) is 0 Å². The van der Waals surface area contributed by atoms with E-state index in [0.717, 1.165) is 43.7 Å². The molecule has 0 spiro atoms. The second-order valence-corrected chi connectivity index (χ2v) is 9.69. The molecule has 0 amide bonds. The third-order valence-corrected chi connectivity index (χ3v) is 6.59. The molecule has 0 aliphatic carbocycles. The van der Waals surface area contributed by atoms with Crippen LogP contribution in [-0.4, -0.2) is 37.6 Å². The molecule has 2 aromatic carbocycles. The van der Waals surface area contributed by atoms with Gasteiger partial charge in [0.1, 0.15) is 0 Å². The summed E-state index contributed by atoms with van der Waals surface area (Å²) in [6.07, 6.45) is 3.23. The minimum absolute atomic E-state index is 0.188. The van der Waals surface area contributed by atoms with Crippen LogP contribution < -0.4 is 0 Å². The zero-order valence-electron chi connectivity index (χ0n) is 16.7. The third-order valence-electron chi connectivity index (χ3n) is 5.57. The van der Waals surface area contributed by atoms with Gasteiger partial charge in [0.25, 0.3) is 0 Å². The van der Waals surface area contributed by atoms with E-state index < -0.39 is 9.84 Å². The summed E-state index contributed by atoms with van der Waals surface area (Å²) in [4.78, 5) is 7.11. The van der Waals surface area contributed by atoms with Crippen molar-refractivity contribution < 1.29 is 8.42 Å². The van der Waals surface area contributed by atoms with Crippen molar-refractivity contribution in [1.29, 1.82) is 0 Å². The van der Waals surface area contributed by atoms with Crippen LogP contribution in [0.15, 0.2) is 77.8 Å². The fourth-order valence-corrected chi connectivity index (χ4v) is 4.89. The highest BCUT2D eigenvalue weighted by Gasteiger charge is 2.24. The monoisotopic (exact) mass is 406 g/mol. The largest absolute Gasteiger partial charge is 0.299 e. The summed E-state index contributed by atoms with van der Waals surface area (Å²) in [7, 11) is -3.42. The summed E-state index contributed by atoms with van der Waals surface area (Å²) in [6, 6.07) is 24.0. The summed E-state index contributed by atoms with van der Waals surface area (Å²) >= 11 is 0. The normalized spacial score (nSPS) is 16.0. The van der Waals surface area contributed by atoms with E-state index in [2.05, 4.69) is 34.1 Å². The van der Waals surface area contributed by atoms with Gasteiger partial charge < -0.3 is 0 Å². The second-order valence-electron chi connectivity index (χ2n) is 7.76. The lowest BCUT2D eigenvalue weighted by Crippen LogP contribution is -2.32. The molecule has 0 atom stereocenters. The zero-order valence-corrected chi connectivity index (χ0v) is 17.5. The van der Waals surface area contributed by atoms with Gasteiger partial charge in [-0.25, -0.2) is 13.4 Å². The molecule has 1 fully saturated rings. The lowest BCUT2D eigenvalue weighted by atomic mass is 9.92. The number of pyridine rings is 1. The molecular formula is C24H26N2O2S. The molecule has 1 aliphatic rings. The van der Waals surface area contributed by atoms with Crippen molar-refractivity contribution in [1.82, 2.24) is 9.88 Å². The Morgan fingerprint density at radius 2 is 1.52 bits per heavy atom. The first-order valence-corrected chi connectivity index (χ1v) is 11.9. The smallest absolute Gasteiger partial charge is 0.193 e. The van der Waals surface area contributed by atoms with E-state index in [1.54, 1.807) is 0 Å². The van der Waals surface area contributed by atoms with Gasteiger partial charge in [0.05, 0.1) is 0 Å². The number of piperidine rings is 1. The molecule has 0 saturated carbocycles. The molecule has 5 heteroatoms. The average molecular weight is 407 g/mol. The number of hydrogen-bond donors (Lipinski definition) is 0. The number of hydrogen-bond acceptors (Lipinski definition) is 4. The third kappa shape index (κ3) is 4.74. The molecule has 2 heterocycles. The number of likely N-dealkylation sites (tertiary alicyclic amines) is 1. The minimum atomic E-state index is -3.42. The molecule has 4 nitrogen and oxygen atoms in total. The van der Waals surface area contributed by atoms with Crippen molar-refractivity contribution in [3.05, 3.63) is 84.1 Å². The van der Waals surface area contributed by atoms with Crippen LogP contribution in [0.5, 0.6) is 0 Å². The molecule has 150 valence electrons. The average Bonchev–Trinajstić information content (AvgIpc) is 2.75. The van der Waals surface area contributed by atoms with Gasteiger partial charge in [-0.1, -0.05) is 60.7 Å². The van der Waals surface area contributed by atoms with E-state index in [1.807, 2.05) is 48.5 Å². The van der Waals surface area contributed by atoms with Crippen molar-refractivity contribution in [2.75, 3.05) is 19.3 Å². The molecule has 0 N–H and O–H groups in total. The first kappa shape index (κ1) is 19.8. The molecule has 1 aromatic heterocycles. The van der Waals surface area contributed by atoms with Crippen molar-refractivity contribution in [2.45, 2.75) is 30.3 Å². The van der Waals surface area contributed by atoms with Gasteiger partial charge in [0.2, 0.25) is 0 Å². The van der Waals surface area contributed by atoms with Gasteiger partial charge >= 0.3 is 0 Å². The van der Waals surface area contributed by atoms with Crippen molar-refractivity contribution >= 4 is 9.84 Å². The summed E-state index contributed by atoms with van der Waals surface area (Å²) < 4.78 is 24.9. The maximum atomic E-state index is 12.4. The predicted molar refractivity (Wildman–Crippen MR) is 116 cm³/mol. The van der Waals surface area contributed by atoms with Gasteiger partial charge in [-0.3, -0.25) is 4.90 Å². The first-order valence-electron chi connectivity index (χ1n) is 10.0. The lowest BCUT2D eigenvalue weighted by Gasteiger charge is -2.32. The van der Waals surface area contributed by atoms with Crippen molar-refractivity contribution in [3.8, 4) is 11.1 Å². The van der Waals surface area contributed by atoms with E-state index in [4.69, 9.17) is 0 Å². The Bertz CT molecular complexity index is 1060. The Balaban J connectivity index is 1.52. The van der Waals surface area contributed by atoms with Crippen LogP contribution in [0.1, 0.15) is 30.0 Å². The second kappa shape index (κ2) is 8.47. The Labute approximate surface area is 173 Å². The summed E-state index contributed by atoms with van der Waals surface area (Å²) in [5, 5.41) is 0.188. The minimum Gasteiger partial charge on any atom is -0.299 e. The fraction of sp³-hybridized carbons (Fsp3) is 0.292. The molecule has 3 aromatic rings. The quantitative estimate of drug-likeness (QED) is 0.625. The first-order chi connectivity index (χ1) is 14.0. The molecular weight excluding hydrogens is 380 g/mol. The van der Waals surface area contributed by atoms with Gasteiger partial charge in [-0.2, -0.15) is 0 Å². The van der Waals surface area contributed by atoms with E-state index >= 15 is 0 Å². The number of sulfone groups is 1. The molecule has 1 aliphatic heterocycles. The van der Waals surface area contributed by atoms with Crippen LogP contribution in [0.4, 0.5) is 0 Å². The molecule has 29 heavy (non-hydrogen) atoms. The summed E-state index contributed by atoms with van der Waals surface area (Å²) in [5.41, 5.74) is 3.78. The highest BCUT2D eigenvalue weighted by Crippen LogP contribution is 2.32. The Morgan fingerprint density at radius 1 is 0.897 bits per heavy atom. The van der Waals surface area contributed by atoms with Crippen LogP contribution >= 0.6 is 0 Å². The lowest BCUT2D eigenvalue weighted by molar-refractivity contribution is 0.203. The molecule has 4 rings (SSSR count). The van der Waals surface area contributed by atoms with Crippen LogP contribution in [0.25, 0.3) is 11.1 Å². The number of aromatic nitrogens is 1. The maximum absolute atomic E-state index is 12.4. The molecule has 0 radical (unpaired) electrons. The number of rotatable bonds is 5. The Kier molecular flexibility index (Phi) is 5.79. The van der Waals surface area contributed by atoms with Gasteiger partial charge in [0.15, 0.2) is 14.9 Å². The molecule has 0 bridgehead atoms. The number of benzene rings is 2. The van der Waals surface area contributed by atoms with E-state index in [9.17, 15) is 8.42 Å². The highest BCUT2D eigenvalue weighted by molar-refractivity contribution is 7.90. The standard InChI is InChI=1S/C24H26N2O2S/c1-29(27,28)24-22(20-10-6-3-7-11-20)12-13-23(25-24)21-14-16-26(17-15-21)18-19-8-4-2-5-9-19/h2-13,21H,14-18H2,1H3. The van der Waals surface area contributed by atoms with E-state index in [-0.39, 0.29) is 5.03 Å². The van der Waals surface area contributed by atoms with Crippen molar-refractivity contribution in [3.63, 3.8) is 0 Å². The highest BCUT2D eigenvalue weighted by atomic mass is 32.2. The van der Waals surface area contributed by atoms with E-state index in [0.29, 0.717) is 11.5 Å². The summed E-state index contributed by atoms with van der Waals surface area (Å²) in [5.74, 6) is 0.298. The SMILES string of the molecule is CS(=O)(=O)c1nc(C2CCN(Cc3ccccc3)CC2)ccc1-c1ccccc1. The molecule has 1 saturated heterocycles. The van der Waals surface area contributed by atoms with E-state index in [1.165, 1.54) is 11.8 Å². The fourth-order valence-electron chi connectivity index (χ4n) is 4.03. The van der Waals surface area contributed by atoms with Crippen LogP contribution in [0.2, 0.25) is 0 Å². The maximum Gasteiger partial charge on any atom is 0.193 e. The Morgan fingerprint density at radius 3 is 2.14 bits per heavy atom. The topological polar surface area (TPSA) is 50.3 Å². The predicted octanol–water partition coefficient (Wildman–Crippen LogP) is 4.53. The zero-order chi connectivity index (χ0) is 20.3. The number of nitrogens with zero attached hydrogens (tertiary/aromatic N) is 2. The van der Waals surface area contributed by atoms with Gasteiger partial charge in [0, 0.05) is 30.0 Å². The molecule has 0 unspecified atom stereocenters. The van der Waals surface area contributed by atoms with Crippen LogP contribution in [-0.2, 0) is 16.4 Å². The van der Waals surface area contributed by atoms with Gasteiger partial charge in [-0.05, 0) is 49.2 Å². The van der Waals surface area contributed by atoms with Gasteiger partial charge in [-0.15, -0.1) is 0 Å². The Hall–Kier alpha value is -2.50. The van der Waals surface area contributed by atoms with Crippen LogP contribution in [0, 0.1) is 0 Å². The summed E-state index contributed by atoms with van der Waals surface area (Å²) in [6.45, 7) is 2.95.